The minimum atomic E-state index is -4.80. The van der Waals surface area contributed by atoms with Crippen LogP contribution in [0.25, 0.3) is 0 Å². The molecule has 162 valence electrons. The molecule has 2 amide bonds. The first-order valence-corrected chi connectivity index (χ1v) is 9.44. The van der Waals surface area contributed by atoms with Crippen LogP contribution >= 0.6 is 0 Å². The van der Waals surface area contributed by atoms with Crippen LogP contribution in [-0.4, -0.2) is 41.6 Å². The van der Waals surface area contributed by atoms with Gasteiger partial charge in [-0.25, -0.2) is 0 Å². The Morgan fingerprint density at radius 2 is 2.06 bits per heavy atom. The minimum absolute atomic E-state index is 0.211. The molecule has 2 bridgehead atoms. The van der Waals surface area contributed by atoms with Crippen molar-refractivity contribution in [2.75, 3.05) is 16.8 Å². The summed E-state index contributed by atoms with van der Waals surface area (Å²) in [5.41, 5.74) is -0.657. The van der Waals surface area contributed by atoms with Gasteiger partial charge in [-0.3, -0.25) is 14.5 Å². The number of nitrogens with one attached hydrogen (secondary N) is 1. The molecule has 1 spiro atoms. The summed E-state index contributed by atoms with van der Waals surface area (Å²) >= 11 is 0. The van der Waals surface area contributed by atoms with Crippen LogP contribution in [0.5, 0.6) is 5.75 Å². The van der Waals surface area contributed by atoms with Crippen molar-refractivity contribution in [1.82, 2.24) is 5.16 Å². The van der Waals surface area contributed by atoms with Crippen molar-refractivity contribution in [3.8, 4) is 5.75 Å². The summed E-state index contributed by atoms with van der Waals surface area (Å²) in [5.74, 6) is -1.79. The average Bonchev–Trinajstić information content (AvgIpc) is 3.43. The molecule has 1 aromatic carbocycles. The SMILES string of the molecule is Cc1cc(N2C[C@]34C=CC(O3)C(C(=O)Nc3ccc(OC(F)(F)F)cc3)C4C2=O)no1. The zero-order chi connectivity index (χ0) is 22.0. The Bertz CT molecular complexity index is 1080. The van der Waals surface area contributed by atoms with Gasteiger partial charge in [0.25, 0.3) is 0 Å². The molecule has 4 heterocycles. The standard InChI is InChI=1S/C20H16F3N3O5/c1-10-8-14(25-31-10)26-9-19-7-6-13(30-19)15(16(19)18(26)28)17(27)24-11-2-4-12(5-3-11)29-20(21,22)23/h2-8,13,15-16H,9H2,1H3,(H,24,27)/t13?,15?,16?,19-/m0/s1. The number of fused-ring (bicyclic) bond motifs is 1. The Kier molecular flexibility index (Phi) is 4.16. The van der Waals surface area contributed by atoms with E-state index in [9.17, 15) is 22.8 Å². The van der Waals surface area contributed by atoms with Gasteiger partial charge in [-0.1, -0.05) is 17.3 Å². The van der Waals surface area contributed by atoms with Crippen molar-refractivity contribution in [2.45, 2.75) is 25.0 Å². The number of amides is 2. The molecule has 5 rings (SSSR count). The van der Waals surface area contributed by atoms with Crippen LogP contribution in [0.2, 0.25) is 0 Å². The highest BCUT2D eigenvalue weighted by Gasteiger charge is 2.67. The van der Waals surface area contributed by atoms with Crippen LogP contribution in [0, 0.1) is 18.8 Å². The summed E-state index contributed by atoms with van der Waals surface area (Å²) in [4.78, 5) is 27.6. The Morgan fingerprint density at radius 3 is 2.71 bits per heavy atom. The number of halogens is 3. The minimum Gasteiger partial charge on any atom is -0.406 e. The molecule has 1 aromatic heterocycles. The Morgan fingerprint density at radius 1 is 1.32 bits per heavy atom. The van der Waals surface area contributed by atoms with Gasteiger partial charge in [0.15, 0.2) is 5.82 Å². The van der Waals surface area contributed by atoms with Crippen molar-refractivity contribution >= 4 is 23.3 Å². The normalized spacial score (nSPS) is 28.8. The summed E-state index contributed by atoms with van der Waals surface area (Å²) < 4.78 is 51.8. The number of carbonyl (C=O) groups is 2. The van der Waals surface area contributed by atoms with Gasteiger partial charge in [0.1, 0.15) is 17.1 Å². The van der Waals surface area contributed by atoms with E-state index >= 15 is 0 Å². The van der Waals surface area contributed by atoms with E-state index in [4.69, 9.17) is 9.26 Å². The largest absolute Gasteiger partial charge is 0.573 e. The first kappa shape index (κ1) is 19.6. The molecule has 0 aliphatic carbocycles. The third-order valence-electron chi connectivity index (χ3n) is 5.65. The second-order valence-corrected chi connectivity index (χ2v) is 7.68. The van der Waals surface area contributed by atoms with Crippen LogP contribution in [0.15, 0.2) is 47.0 Å². The van der Waals surface area contributed by atoms with E-state index in [1.807, 2.05) is 0 Å². The topological polar surface area (TPSA) is 93.9 Å². The number of carbonyl (C=O) groups excluding carboxylic acids is 2. The number of aryl methyl sites for hydroxylation is 1. The van der Waals surface area contributed by atoms with E-state index in [1.54, 1.807) is 25.1 Å². The second-order valence-electron chi connectivity index (χ2n) is 7.68. The van der Waals surface area contributed by atoms with Gasteiger partial charge in [0.05, 0.1) is 24.5 Å². The average molecular weight is 435 g/mol. The predicted octanol–water partition coefficient (Wildman–Crippen LogP) is 2.81. The molecule has 2 saturated heterocycles. The first-order valence-electron chi connectivity index (χ1n) is 9.44. The molecule has 0 radical (unpaired) electrons. The Hall–Kier alpha value is -3.34. The number of aromatic nitrogens is 1. The third kappa shape index (κ3) is 3.25. The Balaban J connectivity index is 1.34. The van der Waals surface area contributed by atoms with Crippen LogP contribution in [0.3, 0.4) is 0 Å². The number of benzene rings is 1. The number of nitrogens with zero attached hydrogens (tertiary/aromatic N) is 2. The summed E-state index contributed by atoms with van der Waals surface area (Å²) in [6.07, 6.45) is -1.81. The lowest BCUT2D eigenvalue weighted by Gasteiger charge is -2.23. The summed E-state index contributed by atoms with van der Waals surface area (Å²) in [6.45, 7) is 1.92. The van der Waals surface area contributed by atoms with E-state index < -0.39 is 41.6 Å². The monoisotopic (exact) mass is 435 g/mol. The number of rotatable bonds is 4. The summed E-state index contributed by atoms with van der Waals surface area (Å²) in [6, 6.07) is 6.40. The van der Waals surface area contributed by atoms with Crippen LogP contribution in [0.1, 0.15) is 5.76 Å². The van der Waals surface area contributed by atoms with Crippen LogP contribution < -0.4 is 15.0 Å². The summed E-state index contributed by atoms with van der Waals surface area (Å²) in [7, 11) is 0. The maximum Gasteiger partial charge on any atom is 0.573 e. The molecule has 11 heteroatoms. The maximum atomic E-state index is 13.2. The molecule has 0 saturated carbocycles. The van der Waals surface area contributed by atoms with Crippen molar-refractivity contribution < 1.29 is 36.8 Å². The molecule has 3 aliphatic heterocycles. The zero-order valence-corrected chi connectivity index (χ0v) is 16.1. The highest BCUT2D eigenvalue weighted by atomic mass is 19.4. The van der Waals surface area contributed by atoms with Gasteiger partial charge in [-0.05, 0) is 31.2 Å². The van der Waals surface area contributed by atoms with Crippen LogP contribution in [0.4, 0.5) is 24.7 Å². The third-order valence-corrected chi connectivity index (χ3v) is 5.65. The van der Waals surface area contributed by atoms with Gasteiger partial charge in [-0.2, -0.15) is 0 Å². The number of hydrogen-bond donors (Lipinski definition) is 1. The van der Waals surface area contributed by atoms with Crippen molar-refractivity contribution in [1.29, 1.82) is 0 Å². The highest BCUT2D eigenvalue weighted by Crippen LogP contribution is 2.52. The molecule has 31 heavy (non-hydrogen) atoms. The van der Waals surface area contributed by atoms with Crippen molar-refractivity contribution in [2.24, 2.45) is 11.8 Å². The smallest absolute Gasteiger partial charge is 0.406 e. The summed E-state index contributed by atoms with van der Waals surface area (Å²) in [5, 5.41) is 6.54. The maximum absolute atomic E-state index is 13.2. The molecule has 4 atom stereocenters. The van der Waals surface area contributed by atoms with E-state index in [-0.39, 0.29) is 18.1 Å². The molecule has 8 nitrogen and oxygen atoms in total. The number of alkyl halides is 3. The lowest BCUT2D eigenvalue weighted by Crippen LogP contribution is -2.41. The molecule has 2 aromatic rings. The van der Waals surface area contributed by atoms with Gasteiger partial charge >= 0.3 is 6.36 Å². The molecule has 1 N–H and O–H groups in total. The van der Waals surface area contributed by atoms with E-state index in [2.05, 4.69) is 15.2 Å². The molecule has 3 aliphatic rings. The van der Waals surface area contributed by atoms with Gasteiger partial charge in [0, 0.05) is 11.8 Å². The fraction of sp³-hybridized carbons (Fsp3) is 0.350. The Labute approximate surface area is 173 Å². The lowest BCUT2D eigenvalue weighted by molar-refractivity contribution is -0.274. The van der Waals surface area contributed by atoms with Crippen molar-refractivity contribution in [3.63, 3.8) is 0 Å². The fourth-order valence-electron chi connectivity index (χ4n) is 4.44. The van der Waals surface area contributed by atoms with Crippen LogP contribution in [-0.2, 0) is 14.3 Å². The fourth-order valence-corrected chi connectivity index (χ4v) is 4.44. The second kappa shape index (κ2) is 6.58. The highest BCUT2D eigenvalue weighted by molar-refractivity contribution is 6.05. The molecular formula is C20H16F3N3O5. The van der Waals surface area contributed by atoms with Crippen molar-refractivity contribution in [3.05, 3.63) is 48.2 Å². The molecule has 2 fully saturated rings. The van der Waals surface area contributed by atoms with E-state index in [1.165, 1.54) is 17.0 Å². The number of ether oxygens (including phenoxy) is 2. The number of hydrogen-bond acceptors (Lipinski definition) is 6. The van der Waals surface area contributed by atoms with Gasteiger partial charge in [0.2, 0.25) is 11.8 Å². The van der Waals surface area contributed by atoms with Gasteiger partial charge in [-0.15, -0.1) is 13.2 Å². The van der Waals surface area contributed by atoms with E-state index in [0.29, 0.717) is 11.6 Å². The molecular weight excluding hydrogens is 419 g/mol. The molecule has 3 unspecified atom stereocenters. The first-order chi connectivity index (χ1) is 14.7. The number of anilines is 2. The van der Waals surface area contributed by atoms with E-state index in [0.717, 1.165) is 12.1 Å². The zero-order valence-electron chi connectivity index (χ0n) is 16.1. The predicted molar refractivity (Wildman–Crippen MR) is 99.1 cm³/mol. The van der Waals surface area contributed by atoms with Gasteiger partial charge < -0.3 is 19.3 Å². The quantitative estimate of drug-likeness (QED) is 0.743. The lowest BCUT2D eigenvalue weighted by atomic mass is 9.77.